The van der Waals surface area contributed by atoms with Crippen LogP contribution in [-0.4, -0.2) is 55.4 Å². The number of anilines is 1. The van der Waals surface area contributed by atoms with Crippen LogP contribution in [0.2, 0.25) is 0 Å². The van der Waals surface area contributed by atoms with Crippen molar-refractivity contribution in [3.63, 3.8) is 0 Å². The maximum Gasteiger partial charge on any atom is 0.279 e. The Labute approximate surface area is 208 Å². The minimum Gasteiger partial charge on any atom is -0.380 e. The third kappa shape index (κ3) is 5.69. The third-order valence-corrected chi connectivity index (χ3v) is 8.62. The molecule has 0 unspecified atom stereocenters. The van der Waals surface area contributed by atoms with E-state index in [0.717, 1.165) is 23.1 Å². The molecule has 1 fully saturated rings. The zero-order valence-electron chi connectivity index (χ0n) is 19.7. The van der Waals surface area contributed by atoms with E-state index >= 15 is 0 Å². The molecule has 2 amide bonds. The summed E-state index contributed by atoms with van der Waals surface area (Å²) in [4.78, 5) is 29.4. The summed E-state index contributed by atoms with van der Waals surface area (Å²) in [5.74, 6) is -0.630. The van der Waals surface area contributed by atoms with Crippen molar-refractivity contribution in [3.05, 3.63) is 52.8 Å². The molecule has 2 aromatic carbocycles. The van der Waals surface area contributed by atoms with E-state index in [1.165, 1.54) is 46.8 Å². The SMILES string of the molecule is CCOCCn1c(=NC(=O)c2ccc(S(=O)(=O)N3CCCC3)cc2)sc2cc(NC(C)=O)ccc21. The number of rotatable bonds is 8. The lowest BCUT2D eigenvalue weighted by molar-refractivity contribution is -0.114. The van der Waals surface area contributed by atoms with E-state index in [4.69, 9.17) is 4.74 Å². The first-order valence-corrected chi connectivity index (χ1v) is 13.7. The number of nitrogens with zero attached hydrogens (tertiary/aromatic N) is 3. The van der Waals surface area contributed by atoms with E-state index in [2.05, 4.69) is 10.3 Å². The smallest absolute Gasteiger partial charge is 0.279 e. The van der Waals surface area contributed by atoms with Crippen LogP contribution in [0.3, 0.4) is 0 Å². The van der Waals surface area contributed by atoms with Crippen LogP contribution in [0.5, 0.6) is 0 Å². The van der Waals surface area contributed by atoms with Crippen molar-refractivity contribution in [1.82, 2.24) is 8.87 Å². The van der Waals surface area contributed by atoms with Crippen LogP contribution in [0.25, 0.3) is 10.2 Å². The molecule has 1 aromatic heterocycles. The van der Waals surface area contributed by atoms with Gasteiger partial charge in [-0.05, 0) is 62.2 Å². The highest BCUT2D eigenvalue weighted by atomic mass is 32.2. The number of sulfonamides is 1. The summed E-state index contributed by atoms with van der Waals surface area (Å²) < 4.78 is 35.3. The second kappa shape index (κ2) is 10.8. The van der Waals surface area contributed by atoms with E-state index in [9.17, 15) is 18.0 Å². The summed E-state index contributed by atoms with van der Waals surface area (Å²) in [7, 11) is -3.54. The van der Waals surface area contributed by atoms with Crippen LogP contribution >= 0.6 is 11.3 Å². The van der Waals surface area contributed by atoms with Gasteiger partial charge in [-0.3, -0.25) is 9.59 Å². The van der Waals surface area contributed by atoms with Crippen LogP contribution in [-0.2, 0) is 26.1 Å². The van der Waals surface area contributed by atoms with Gasteiger partial charge in [0.2, 0.25) is 15.9 Å². The molecule has 3 aromatic rings. The maximum atomic E-state index is 13.0. The number of hydrogen-bond acceptors (Lipinski definition) is 6. The Balaban J connectivity index is 1.66. The van der Waals surface area contributed by atoms with Crippen LogP contribution in [0.4, 0.5) is 5.69 Å². The standard InChI is InChI=1S/C24H28N4O5S2/c1-3-33-15-14-28-21-11-8-19(25-17(2)29)16-22(21)34-24(28)26-23(30)18-6-9-20(10-7-18)35(31,32)27-12-4-5-13-27/h6-11,16H,3-5,12-15H2,1-2H3,(H,25,29). The van der Waals surface area contributed by atoms with Gasteiger partial charge < -0.3 is 14.6 Å². The van der Waals surface area contributed by atoms with Crippen LogP contribution in [0, 0.1) is 0 Å². The van der Waals surface area contributed by atoms with Crippen molar-refractivity contribution in [1.29, 1.82) is 0 Å². The Bertz CT molecular complexity index is 1400. The van der Waals surface area contributed by atoms with Crippen LogP contribution in [0.1, 0.15) is 37.0 Å². The van der Waals surface area contributed by atoms with Gasteiger partial charge in [-0.2, -0.15) is 9.30 Å². The number of carbonyl (C=O) groups excluding carboxylic acids is 2. The number of nitrogens with one attached hydrogen (secondary N) is 1. The minimum absolute atomic E-state index is 0.166. The normalized spacial score (nSPS) is 15.1. The minimum atomic E-state index is -3.54. The number of benzene rings is 2. The average molecular weight is 517 g/mol. The molecule has 1 aliphatic rings. The lowest BCUT2D eigenvalue weighted by atomic mass is 10.2. The van der Waals surface area contributed by atoms with E-state index in [1.54, 1.807) is 6.07 Å². The van der Waals surface area contributed by atoms with Gasteiger partial charge >= 0.3 is 0 Å². The Morgan fingerprint density at radius 2 is 1.83 bits per heavy atom. The first-order chi connectivity index (χ1) is 16.8. The van der Waals surface area contributed by atoms with E-state index < -0.39 is 15.9 Å². The number of thiazole rings is 1. The average Bonchev–Trinajstić information content (AvgIpc) is 3.48. The molecule has 0 saturated carbocycles. The van der Waals surface area contributed by atoms with Gasteiger partial charge in [-0.15, -0.1) is 0 Å². The van der Waals surface area contributed by atoms with Crippen molar-refractivity contribution < 1.29 is 22.7 Å². The summed E-state index contributed by atoms with van der Waals surface area (Å²) in [5, 5.41) is 2.77. The van der Waals surface area contributed by atoms with Gasteiger partial charge in [0, 0.05) is 44.4 Å². The van der Waals surface area contributed by atoms with Gasteiger partial charge in [0.25, 0.3) is 5.91 Å². The van der Waals surface area contributed by atoms with Gasteiger partial charge in [0.1, 0.15) is 0 Å². The highest BCUT2D eigenvalue weighted by Gasteiger charge is 2.27. The molecule has 35 heavy (non-hydrogen) atoms. The van der Waals surface area contributed by atoms with Gasteiger partial charge in [0.15, 0.2) is 4.80 Å². The molecular formula is C24H28N4O5S2. The van der Waals surface area contributed by atoms with Crippen molar-refractivity contribution in [3.8, 4) is 0 Å². The van der Waals surface area contributed by atoms with Crippen molar-refractivity contribution in [2.75, 3.05) is 31.6 Å². The number of fused-ring (bicyclic) bond motifs is 1. The van der Waals surface area contributed by atoms with Gasteiger partial charge in [-0.1, -0.05) is 11.3 Å². The fourth-order valence-electron chi connectivity index (χ4n) is 3.95. The Morgan fingerprint density at radius 3 is 2.49 bits per heavy atom. The fraction of sp³-hybridized carbons (Fsp3) is 0.375. The molecule has 4 rings (SSSR count). The van der Waals surface area contributed by atoms with Crippen molar-refractivity contribution in [2.45, 2.75) is 38.1 Å². The lowest BCUT2D eigenvalue weighted by Crippen LogP contribution is -2.27. The topological polar surface area (TPSA) is 110 Å². The molecule has 0 radical (unpaired) electrons. The zero-order chi connectivity index (χ0) is 25.0. The van der Waals surface area contributed by atoms with Gasteiger partial charge in [-0.25, -0.2) is 8.42 Å². The molecule has 0 aliphatic carbocycles. The molecule has 0 bridgehead atoms. The summed E-state index contributed by atoms with van der Waals surface area (Å²) >= 11 is 1.34. The summed E-state index contributed by atoms with van der Waals surface area (Å²) in [6.45, 7) is 5.95. The molecule has 1 aliphatic heterocycles. The Hall–Kier alpha value is -2.86. The van der Waals surface area contributed by atoms with Gasteiger partial charge in [0.05, 0.1) is 21.7 Å². The molecule has 9 nitrogen and oxygen atoms in total. The molecule has 186 valence electrons. The summed E-state index contributed by atoms with van der Waals surface area (Å²) in [5.41, 5.74) is 1.84. The fourth-order valence-corrected chi connectivity index (χ4v) is 6.57. The maximum absolute atomic E-state index is 13.0. The first kappa shape index (κ1) is 25.2. The second-order valence-corrected chi connectivity index (χ2v) is 11.1. The number of carbonyl (C=O) groups is 2. The largest absolute Gasteiger partial charge is 0.380 e. The molecule has 2 heterocycles. The first-order valence-electron chi connectivity index (χ1n) is 11.5. The molecular weight excluding hydrogens is 488 g/mol. The third-order valence-electron chi connectivity index (χ3n) is 5.67. The zero-order valence-corrected chi connectivity index (χ0v) is 21.3. The van der Waals surface area contributed by atoms with Crippen LogP contribution in [0.15, 0.2) is 52.4 Å². The molecule has 0 spiro atoms. The van der Waals surface area contributed by atoms with Crippen LogP contribution < -0.4 is 10.1 Å². The highest BCUT2D eigenvalue weighted by molar-refractivity contribution is 7.89. The number of aromatic nitrogens is 1. The van der Waals surface area contributed by atoms with E-state index in [-0.39, 0.29) is 10.8 Å². The molecule has 1 saturated heterocycles. The lowest BCUT2D eigenvalue weighted by Gasteiger charge is -2.15. The molecule has 0 atom stereocenters. The predicted molar refractivity (Wildman–Crippen MR) is 135 cm³/mol. The second-order valence-electron chi connectivity index (χ2n) is 8.15. The number of hydrogen-bond donors (Lipinski definition) is 1. The summed E-state index contributed by atoms with van der Waals surface area (Å²) in [6, 6.07) is 11.5. The quantitative estimate of drug-likeness (QED) is 0.462. The monoisotopic (exact) mass is 516 g/mol. The molecule has 11 heteroatoms. The van der Waals surface area contributed by atoms with Crippen molar-refractivity contribution in [2.24, 2.45) is 4.99 Å². The van der Waals surface area contributed by atoms with E-state index in [1.807, 2.05) is 23.6 Å². The molecule has 1 N–H and O–H groups in total. The summed E-state index contributed by atoms with van der Waals surface area (Å²) in [6.07, 6.45) is 1.72. The predicted octanol–water partition coefficient (Wildman–Crippen LogP) is 3.22. The van der Waals surface area contributed by atoms with E-state index in [0.29, 0.717) is 48.9 Å². The Kier molecular flexibility index (Phi) is 7.80. The van der Waals surface area contributed by atoms with Crippen molar-refractivity contribution >= 4 is 49.1 Å². The Morgan fingerprint density at radius 1 is 1.11 bits per heavy atom. The highest BCUT2D eigenvalue weighted by Crippen LogP contribution is 2.23. The number of amides is 2. The number of ether oxygens (including phenoxy) is 1.